The SMILES string of the molecule is CCNC(=O)C1(Cc2cccc(-c3ccccc3)c2)CCN(C(=O)C2CC2)CC1. The monoisotopic (exact) mass is 390 g/mol. The van der Waals surface area contributed by atoms with Crippen molar-refractivity contribution in [1.29, 1.82) is 0 Å². The molecule has 0 spiro atoms. The molecule has 1 aliphatic carbocycles. The Morgan fingerprint density at radius 1 is 1.00 bits per heavy atom. The number of hydrogen-bond donors (Lipinski definition) is 1. The molecule has 0 radical (unpaired) electrons. The normalized spacial score (nSPS) is 18.3. The Morgan fingerprint density at radius 2 is 1.69 bits per heavy atom. The summed E-state index contributed by atoms with van der Waals surface area (Å²) >= 11 is 0. The van der Waals surface area contributed by atoms with Gasteiger partial charge in [-0.2, -0.15) is 0 Å². The number of nitrogens with one attached hydrogen (secondary N) is 1. The molecule has 1 aliphatic heterocycles. The van der Waals surface area contributed by atoms with Crippen LogP contribution in [0, 0.1) is 11.3 Å². The van der Waals surface area contributed by atoms with E-state index in [-0.39, 0.29) is 11.8 Å². The molecule has 2 fully saturated rings. The lowest BCUT2D eigenvalue weighted by Gasteiger charge is -2.41. The fraction of sp³-hybridized carbons (Fsp3) is 0.440. The average Bonchev–Trinajstić information content (AvgIpc) is 3.60. The van der Waals surface area contributed by atoms with Gasteiger partial charge in [0, 0.05) is 25.6 Å². The number of amides is 2. The van der Waals surface area contributed by atoms with Gasteiger partial charge in [-0.05, 0) is 55.7 Å². The van der Waals surface area contributed by atoms with Crippen molar-refractivity contribution in [2.24, 2.45) is 11.3 Å². The highest BCUT2D eigenvalue weighted by Crippen LogP contribution is 2.39. The Bertz CT molecular complexity index is 865. The summed E-state index contributed by atoms with van der Waals surface area (Å²) < 4.78 is 0. The van der Waals surface area contributed by atoms with Crippen molar-refractivity contribution in [2.75, 3.05) is 19.6 Å². The minimum atomic E-state index is -0.439. The van der Waals surface area contributed by atoms with Gasteiger partial charge in [-0.25, -0.2) is 0 Å². The molecule has 2 aromatic carbocycles. The molecule has 0 bridgehead atoms. The van der Waals surface area contributed by atoms with Gasteiger partial charge in [-0.3, -0.25) is 9.59 Å². The summed E-state index contributed by atoms with van der Waals surface area (Å²) in [6, 6.07) is 18.9. The van der Waals surface area contributed by atoms with E-state index in [4.69, 9.17) is 0 Å². The molecular formula is C25H30N2O2. The van der Waals surface area contributed by atoms with Gasteiger partial charge in [0.15, 0.2) is 0 Å². The molecule has 4 heteroatoms. The average molecular weight is 391 g/mol. The number of likely N-dealkylation sites (tertiary alicyclic amines) is 1. The molecule has 1 saturated heterocycles. The molecule has 0 unspecified atom stereocenters. The molecule has 2 aromatic rings. The zero-order valence-corrected chi connectivity index (χ0v) is 17.2. The summed E-state index contributed by atoms with van der Waals surface area (Å²) in [4.78, 5) is 27.5. The summed E-state index contributed by atoms with van der Waals surface area (Å²) in [5, 5.41) is 3.06. The van der Waals surface area contributed by atoms with E-state index in [1.54, 1.807) is 0 Å². The predicted octanol–water partition coefficient (Wildman–Crippen LogP) is 4.05. The molecule has 1 heterocycles. The van der Waals surface area contributed by atoms with E-state index < -0.39 is 5.41 Å². The Morgan fingerprint density at radius 3 is 2.34 bits per heavy atom. The first-order valence-electron chi connectivity index (χ1n) is 10.8. The van der Waals surface area contributed by atoms with Crippen LogP contribution in [0.2, 0.25) is 0 Å². The second-order valence-electron chi connectivity index (χ2n) is 8.48. The lowest BCUT2D eigenvalue weighted by Crippen LogP contribution is -2.51. The van der Waals surface area contributed by atoms with Crippen LogP contribution in [0.15, 0.2) is 54.6 Å². The van der Waals surface area contributed by atoms with Crippen molar-refractivity contribution in [3.8, 4) is 11.1 Å². The van der Waals surface area contributed by atoms with Crippen molar-refractivity contribution in [1.82, 2.24) is 10.2 Å². The molecule has 152 valence electrons. The number of carbonyl (C=O) groups excluding carboxylic acids is 2. The van der Waals surface area contributed by atoms with Crippen molar-refractivity contribution >= 4 is 11.8 Å². The number of hydrogen-bond acceptors (Lipinski definition) is 2. The lowest BCUT2D eigenvalue weighted by atomic mass is 9.72. The molecular weight excluding hydrogens is 360 g/mol. The summed E-state index contributed by atoms with van der Waals surface area (Å²) in [6.45, 7) is 3.97. The first-order valence-corrected chi connectivity index (χ1v) is 10.8. The molecule has 2 aliphatic rings. The fourth-order valence-corrected chi connectivity index (χ4v) is 4.46. The van der Waals surface area contributed by atoms with Crippen molar-refractivity contribution in [3.05, 3.63) is 60.2 Å². The van der Waals surface area contributed by atoms with Crippen LogP contribution >= 0.6 is 0 Å². The van der Waals surface area contributed by atoms with Crippen LogP contribution in [0.5, 0.6) is 0 Å². The Hall–Kier alpha value is -2.62. The third-order valence-corrected chi connectivity index (χ3v) is 6.35. The maximum atomic E-state index is 13.1. The third kappa shape index (κ3) is 4.36. The zero-order valence-electron chi connectivity index (χ0n) is 17.2. The molecule has 1 saturated carbocycles. The van der Waals surface area contributed by atoms with E-state index >= 15 is 0 Å². The molecule has 2 amide bonds. The van der Waals surface area contributed by atoms with Crippen LogP contribution in [0.3, 0.4) is 0 Å². The van der Waals surface area contributed by atoms with Crippen LogP contribution in [-0.2, 0) is 16.0 Å². The van der Waals surface area contributed by atoms with E-state index in [2.05, 4.69) is 41.7 Å². The standard InChI is InChI=1S/C25H30N2O2/c1-2-26-24(29)25(13-15-27(16-14-25)23(28)21-11-12-21)18-19-7-6-10-22(17-19)20-8-4-3-5-9-20/h3-10,17,21H,2,11-16,18H2,1H3,(H,26,29). The zero-order chi connectivity index (χ0) is 20.3. The largest absolute Gasteiger partial charge is 0.356 e. The third-order valence-electron chi connectivity index (χ3n) is 6.35. The molecule has 4 nitrogen and oxygen atoms in total. The van der Waals surface area contributed by atoms with Crippen molar-refractivity contribution in [2.45, 2.75) is 39.0 Å². The van der Waals surface area contributed by atoms with E-state index in [0.29, 0.717) is 32.0 Å². The number of nitrogens with zero attached hydrogens (tertiary/aromatic N) is 1. The van der Waals surface area contributed by atoms with Gasteiger partial charge >= 0.3 is 0 Å². The van der Waals surface area contributed by atoms with Gasteiger partial charge in [0.05, 0.1) is 5.41 Å². The van der Waals surface area contributed by atoms with Gasteiger partial charge in [-0.15, -0.1) is 0 Å². The van der Waals surface area contributed by atoms with Crippen LogP contribution in [-0.4, -0.2) is 36.3 Å². The Kier molecular flexibility index (Phi) is 5.70. The maximum Gasteiger partial charge on any atom is 0.226 e. The smallest absolute Gasteiger partial charge is 0.226 e. The Balaban J connectivity index is 1.54. The van der Waals surface area contributed by atoms with Gasteiger partial charge in [0.25, 0.3) is 0 Å². The van der Waals surface area contributed by atoms with Crippen molar-refractivity contribution < 1.29 is 9.59 Å². The van der Waals surface area contributed by atoms with Crippen LogP contribution < -0.4 is 5.32 Å². The van der Waals surface area contributed by atoms with E-state index in [1.165, 1.54) is 16.7 Å². The molecule has 1 N–H and O–H groups in total. The summed E-state index contributed by atoms with van der Waals surface area (Å²) in [5.41, 5.74) is 3.10. The van der Waals surface area contributed by atoms with E-state index in [0.717, 1.165) is 25.7 Å². The highest BCUT2D eigenvalue weighted by Gasteiger charge is 2.44. The minimum Gasteiger partial charge on any atom is -0.356 e. The maximum absolute atomic E-state index is 13.1. The van der Waals surface area contributed by atoms with Crippen LogP contribution in [0.25, 0.3) is 11.1 Å². The van der Waals surface area contributed by atoms with Gasteiger partial charge in [-0.1, -0.05) is 54.6 Å². The first-order chi connectivity index (χ1) is 14.1. The summed E-state index contributed by atoms with van der Waals surface area (Å²) in [6.07, 6.45) is 4.23. The molecule has 29 heavy (non-hydrogen) atoms. The predicted molar refractivity (Wildman–Crippen MR) is 115 cm³/mol. The highest BCUT2D eigenvalue weighted by molar-refractivity contribution is 5.84. The minimum absolute atomic E-state index is 0.128. The highest BCUT2D eigenvalue weighted by atomic mass is 16.2. The Labute approximate surface area is 173 Å². The number of carbonyl (C=O) groups is 2. The summed E-state index contributed by atoms with van der Waals surface area (Å²) in [7, 11) is 0. The second-order valence-corrected chi connectivity index (χ2v) is 8.48. The van der Waals surface area contributed by atoms with Gasteiger partial charge in [0.2, 0.25) is 11.8 Å². The topological polar surface area (TPSA) is 49.4 Å². The second kappa shape index (κ2) is 8.40. The van der Waals surface area contributed by atoms with E-state index in [9.17, 15) is 9.59 Å². The van der Waals surface area contributed by atoms with Gasteiger partial charge < -0.3 is 10.2 Å². The molecule has 4 rings (SSSR count). The number of benzene rings is 2. The molecule has 0 aromatic heterocycles. The fourth-order valence-electron chi connectivity index (χ4n) is 4.46. The van der Waals surface area contributed by atoms with E-state index in [1.807, 2.05) is 30.0 Å². The summed E-state index contributed by atoms with van der Waals surface area (Å²) in [5.74, 6) is 0.665. The quantitative estimate of drug-likeness (QED) is 0.809. The number of rotatable bonds is 6. The molecule has 0 atom stereocenters. The van der Waals surface area contributed by atoms with Crippen molar-refractivity contribution in [3.63, 3.8) is 0 Å². The van der Waals surface area contributed by atoms with Gasteiger partial charge in [0.1, 0.15) is 0 Å². The van der Waals surface area contributed by atoms with Crippen LogP contribution in [0.4, 0.5) is 0 Å². The lowest BCUT2D eigenvalue weighted by molar-refractivity contribution is -0.141. The first kappa shape index (κ1) is 19.7. The number of piperidine rings is 1. The van der Waals surface area contributed by atoms with Crippen LogP contribution in [0.1, 0.15) is 38.2 Å².